The molecule has 0 saturated carbocycles. The zero-order valence-electron chi connectivity index (χ0n) is 19.1. The Labute approximate surface area is 202 Å². The average molecular weight is 478 g/mol. The van der Waals surface area contributed by atoms with E-state index in [1.165, 1.54) is 38.1 Å². The lowest BCUT2D eigenvalue weighted by atomic mass is 9.97. The maximum Gasteiger partial charge on any atom is 0.195 e. The molecule has 1 aliphatic rings. The fraction of sp³-hybridized carbons (Fsp3) is 0.250. The van der Waals surface area contributed by atoms with Crippen molar-refractivity contribution in [3.8, 4) is 16.2 Å². The molecule has 4 aromatic rings. The highest BCUT2D eigenvalue weighted by atomic mass is 32.1. The number of rotatable bonds is 7. The van der Waals surface area contributed by atoms with Gasteiger partial charge in [0.05, 0.1) is 0 Å². The Kier molecular flexibility index (Phi) is 7.41. The molecule has 0 spiro atoms. The van der Waals surface area contributed by atoms with Gasteiger partial charge in [0.15, 0.2) is 5.78 Å². The van der Waals surface area contributed by atoms with Gasteiger partial charge in [-0.25, -0.2) is 4.39 Å². The van der Waals surface area contributed by atoms with Crippen LogP contribution in [0.15, 0.2) is 66.7 Å². The highest BCUT2D eigenvalue weighted by molar-refractivity contribution is 7.22. The van der Waals surface area contributed by atoms with Crippen LogP contribution in [0, 0.1) is 12.7 Å². The molecule has 34 heavy (non-hydrogen) atoms. The smallest absolute Gasteiger partial charge is 0.195 e. The first-order valence-corrected chi connectivity index (χ1v) is 12.2. The monoisotopic (exact) mass is 477 g/mol. The predicted octanol–water partition coefficient (Wildman–Crippen LogP) is 5.90. The van der Waals surface area contributed by atoms with Crippen molar-refractivity contribution >= 4 is 27.2 Å². The molecule has 1 saturated heterocycles. The third kappa shape index (κ3) is 5.04. The summed E-state index contributed by atoms with van der Waals surface area (Å²) in [5.74, 6) is 0.394. The van der Waals surface area contributed by atoms with Crippen LogP contribution in [0.1, 0.15) is 34.3 Å². The van der Waals surface area contributed by atoms with E-state index in [0.717, 1.165) is 38.4 Å². The number of carbonyl (C=O) groups is 1. The van der Waals surface area contributed by atoms with Gasteiger partial charge in [0.1, 0.15) is 18.2 Å². The number of carbonyl (C=O) groups excluding carboxylic acids is 1. The van der Waals surface area contributed by atoms with E-state index in [2.05, 4.69) is 17.9 Å². The number of aryl methyl sites for hydroxylation is 1. The summed E-state index contributed by atoms with van der Waals surface area (Å²) in [5.41, 5.74) is 3.29. The maximum absolute atomic E-state index is 13.5. The van der Waals surface area contributed by atoms with E-state index in [0.29, 0.717) is 17.7 Å². The topological polar surface area (TPSA) is 61.0 Å². The SMILES string of the molecule is Cc1ccc2c(C(=O)c3ccc(F)cc3)c(-c3ccc(OCCN4CCCC4)cc3)sc2c1.O. The van der Waals surface area contributed by atoms with Crippen molar-refractivity contribution in [3.05, 3.63) is 89.2 Å². The fourth-order valence-electron chi connectivity index (χ4n) is 4.38. The van der Waals surface area contributed by atoms with Crippen LogP contribution in [-0.2, 0) is 0 Å². The van der Waals surface area contributed by atoms with Crippen LogP contribution in [0.25, 0.3) is 20.5 Å². The molecule has 1 aliphatic heterocycles. The van der Waals surface area contributed by atoms with Gasteiger partial charge in [-0.05, 0) is 98.6 Å². The largest absolute Gasteiger partial charge is 0.492 e. The number of benzene rings is 3. The van der Waals surface area contributed by atoms with Gasteiger partial charge in [0, 0.05) is 32.6 Å². The molecule has 1 fully saturated rings. The minimum atomic E-state index is -0.349. The molecule has 3 aromatic carbocycles. The molecule has 6 heteroatoms. The molecule has 2 heterocycles. The van der Waals surface area contributed by atoms with Crippen LogP contribution in [0.5, 0.6) is 5.75 Å². The molecule has 0 unspecified atom stereocenters. The molecule has 0 radical (unpaired) electrons. The van der Waals surface area contributed by atoms with Crippen LogP contribution in [0.4, 0.5) is 4.39 Å². The lowest BCUT2D eigenvalue weighted by Crippen LogP contribution is -2.25. The van der Waals surface area contributed by atoms with Crippen LogP contribution >= 0.6 is 11.3 Å². The van der Waals surface area contributed by atoms with E-state index in [4.69, 9.17) is 4.74 Å². The Balaban J connectivity index is 0.00000274. The van der Waals surface area contributed by atoms with Gasteiger partial charge >= 0.3 is 0 Å². The number of fused-ring (bicyclic) bond motifs is 1. The van der Waals surface area contributed by atoms with E-state index in [1.54, 1.807) is 23.5 Å². The number of nitrogens with zero attached hydrogens (tertiary/aromatic N) is 1. The minimum absolute atomic E-state index is 0. The number of ether oxygens (including phenoxy) is 1. The molecule has 2 N–H and O–H groups in total. The Morgan fingerprint density at radius 2 is 1.71 bits per heavy atom. The van der Waals surface area contributed by atoms with Gasteiger partial charge in [-0.1, -0.05) is 12.1 Å². The first-order valence-electron chi connectivity index (χ1n) is 11.4. The highest BCUT2D eigenvalue weighted by Crippen LogP contribution is 2.40. The number of hydrogen-bond acceptors (Lipinski definition) is 4. The van der Waals surface area contributed by atoms with Crippen LogP contribution < -0.4 is 4.74 Å². The third-order valence-corrected chi connectivity index (χ3v) is 7.37. The Morgan fingerprint density at radius 1 is 1.00 bits per heavy atom. The van der Waals surface area contributed by atoms with Crippen molar-refractivity contribution in [2.24, 2.45) is 0 Å². The van der Waals surface area contributed by atoms with Crippen LogP contribution in [0.3, 0.4) is 0 Å². The first kappa shape index (κ1) is 24.1. The molecule has 0 atom stereocenters. The Morgan fingerprint density at radius 3 is 2.41 bits per heavy atom. The summed E-state index contributed by atoms with van der Waals surface area (Å²) < 4.78 is 20.4. The van der Waals surface area contributed by atoms with E-state index in [1.807, 2.05) is 36.4 Å². The van der Waals surface area contributed by atoms with E-state index in [-0.39, 0.29) is 17.1 Å². The summed E-state index contributed by atoms with van der Waals surface area (Å²) in [6.07, 6.45) is 2.56. The molecule has 0 aliphatic carbocycles. The van der Waals surface area contributed by atoms with Crippen molar-refractivity contribution in [2.75, 3.05) is 26.2 Å². The lowest BCUT2D eigenvalue weighted by Gasteiger charge is -2.15. The average Bonchev–Trinajstić information content (AvgIpc) is 3.47. The van der Waals surface area contributed by atoms with Crippen molar-refractivity contribution in [2.45, 2.75) is 19.8 Å². The van der Waals surface area contributed by atoms with Gasteiger partial charge < -0.3 is 10.2 Å². The summed E-state index contributed by atoms with van der Waals surface area (Å²) in [7, 11) is 0. The predicted molar refractivity (Wildman–Crippen MR) is 137 cm³/mol. The Hall–Kier alpha value is -3.06. The second-order valence-electron chi connectivity index (χ2n) is 8.56. The minimum Gasteiger partial charge on any atom is -0.492 e. The van der Waals surface area contributed by atoms with E-state index in [9.17, 15) is 9.18 Å². The quantitative estimate of drug-likeness (QED) is 0.312. The van der Waals surface area contributed by atoms with Gasteiger partial charge in [-0.2, -0.15) is 0 Å². The maximum atomic E-state index is 13.5. The first-order chi connectivity index (χ1) is 16.1. The molecular weight excluding hydrogens is 449 g/mol. The van der Waals surface area contributed by atoms with Gasteiger partial charge in [-0.15, -0.1) is 11.3 Å². The van der Waals surface area contributed by atoms with Crippen molar-refractivity contribution < 1.29 is 19.4 Å². The zero-order chi connectivity index (χ0) is 22.8. The van der Waals surface area contributed by atoms with Crippen LogP contribution in [-0.4, -0.2) is 42.4 Å². The molecular formula is C28H28FNO3S. The normalized spacial score (nSPS) is 13.7. The summed E-state index contributed by atoms with van der Waals surface area (Å²) in [6, 6.07) is 19.9. The number of thiophene rings is 1. The van der Waals surface area contributed by atoms with E-state index >= 15 is 0 Å². The second-order valence-corrected chi connectivity index (χ2v) is 9.62. The zero-order valence-corrected chi connectivity index (χ0v) is 20.0. The standard InChI is InChI=1S/C28H26FNO2S.H2O/c1-19-4-13-24-25(18-19)33-28(26(24)27(31)20-5-9-22(29)10-6-20)21-7-11-23(12-8-21)32-17-16-30-14-2-3-15-30;/h4-13,18H,2-3,14-17H2,1H3;1H2. The molecule has 5 rings (SSSR count). The van der Waals surface area contributed by atoms with E-state index < -0.39 is 0 Å². The Bertz CT molecular complexity index is 1280. The number of hydrogen-bond donors (Lipinski definition) is 0. The molecule has 1 aromatic heterocycles. The molecule has 176 valence electrons. The number of likely N-dealkylation sites (tertiary alicyclic amines) is 1. The van der Waals surface area contributed by atoms with Crippen molar-refractivity contribution in [3.63, 3.8) is 0 Å². The fourth-order valence-corrected chi connectivity index (χ4v) is 5.68. The summed E-state index contributed by atoms with van der Waals surface area (Å²) in [6.45, 7) is 6.01. The van der Waals surface area contributed by atoms with Gasteiger partial charge in [-0.3, -0.25) is 9.69 Å². The number of halogens is 1. The van der Waals surface area contributed by atoms with Gasteiger partial charge in [0.25, 0.3) is 0 Å². The highest BCUT2D eigenvalue weighted by Gasteiger charge is 2.22. The van der Waals surface area contributed by atoms with Crippen molar-refractivity contribution in [1.29, 1.82) is 0 Å². The number of ketones is 1. The summed E-state index contributed by atoms with van der Waals surface area (Å²) >= 11 is 1.62. The molecule has 4 nitrogen and oxygen atoms in total. The summed E-state index contributed by atoms with van der Waals surface area (Å²) in [4.78, 5) is 16.9. The summed E-state index contributed by atoms with van der Waals surface area (Å²) in [5, 5.41) is 0.931. The van der Waals surface area contributed by atoms with Crippen LogP contribution in [0.2, 0.25) is 0 Å². The lowest BCUT2D eigenvalue weighted by molar-refractivity contribution is 0.104. The van der Waals surface area contributed by atoms with Crippen molar-refractivity contribution in [1.82, 2.24) is 4.90 Å². The second kappa shape index (κ2) is 10.5. The molecule has 0 bridgehead atoms. The third-order valence-electron chi connectivity index (χ3n) is 6.17. The molecule has 0 amide bonds. The van der Waals surface area contributed by atoms with Gasteiger partial charge in [0.2, 0.25) is 0 Å².